The highest BCUT2D eigenvalue weighted by Crippen LogP contribution is 2.34. The van der Waals surface area contributed by atoms with Crippen molar-refractivity contribution >= 4 is 23.2 Å². The molecule has 1 aliphatic heterocycles. The number of nitrogens with one attached hydrogen (secondary N) is 2. The van der Waals surface area contributed by atoms with E-state index in [0.29, 0.717) is 22.9 Å². The third-order valence-electron chi connectivity index (χ3n) is 3.54. The second kappa shape index (κ2) is 7.64. The predicted octanol–water partition coefficient (Wildman–Crippen LogP) is 2.69. The van der Waals surface area contributed by atoms with Crippen molar-refractivity contribution < 1.29 is 23.5 Å². The van der Waals surface area contributed by atoms with Gasteiger partial charge in [-0.25, -0.2) is 9.82 Å². The molecule has 0 spiro atoms. The molecule has 7 nitrogen and oxygen atoms in total. The Balaban J connectivity index is 1.54. The summed E-state index contributed by atoms with van der Waals surface area (Å²) in [6, 6.07) is 10.6. The number of anilines is 1. The number of ether oxygens (including phenoxy) is 2. The molecule has 2 aromatic carbocycles. The van der Waals surface area contributed by atoms with Gasteiger partial charge in [0.25, 0.3) is 5.91 Å². The molecule has 0 radical (unpaired) electrons. The van der Waals surface area contributed by atoms with E-state index in [0.717, 1.165) is 0 Å². The first-order chi connectivity index (χ1) is 12.5. The molecule has 0 saturated heterocycles. The molecule has 0 saturated carbocycles. The van der Waals surface area contributed by atoms with Crippen LogP contribution >= 0.6 is 0 Å². The molecule has 0 fully saturated rings. The Bertz CT molecular complexity index is 882. The van der Waals surface area contributed by atoms with Crippen molar-refractivity contribution in [3.05, 3.63) is 53.8 Å². The predicted molar refractivity (Wildman–Crippen MR) is 92.8 cm³/mol. The molecule has 2 N–H and O–H groups in total. The van der Waals surface area contributed by atoms with Crippen molar-refractivity contribution in [1.82, 2.24) is 5.43 Å². The molecule has 8 heteroatoms. The van der Waals surface area contributed by atoms with E-state index in [9.17, 15) is 14.0 Å². The Hall–Kier alpha value is -3.42. The number of halogens is 1. The minimum atomic E-state index is -0.682. The maximum atomic E-state index is 13.5. The number of benzene rings is 2. The smallest absolute Gasteiger partial charge is 0.274 e. The van der Waals surface area contributed by atoms with E-state index < -0.39 is 11.7 Å². The van der Waals surface area contributed by atoms with Crippen molar-refractivity contribution in [3.8, 4) is 11.5 Å². The van der Waals surface area contributed by atoms with Gasteiger partial charge in [0.15, 0.2) is 11.5 Å². The van der Waals surface area contributed by atoms with Gasteiger partial charge in [-0.2, -0.15) is 5.10 Å². The fraction of sp³-hybridized carbons (Fsp3) is 0.167. The largest absolute Gasteiger partial charge is 0.454 e. The molecule has 0 aromatic heterocycles. The minimum Gasteiger partial charge on any atom is -0.454 e. The summed E-state index contributed by atoms with van der Waals surface area (Å²) >= 11 is 0. The van der Waals surface area contributed by atoms with Gasteiger partial charge in [0.1, 0.15) is 5.82 Å². The molecule has 1 heterocycles. The highest BCUT2D eigenvalue weighted by atomic mass is 19.1. The number of carbonyl (C=O) groups is 2. The standard InChI is InChI=1S/C18H16FN3O4/c1-11(21-22-18(24)13-4-2-3-5-14(13)19)8-17(23)20-12-6-7-15-16(9-12)26-10-25-15/h2-7,9H,8,10H2,1H3,(H,20,23)(H,22,24)/b21-11+. The van der Waals surface area contributed by atoms with E-state index in [1.165, 1.54) is 18.2 Å². The van der Waals surface area contributed by atoms with Crippen LogP contribution in [0.4, 0.5) is 10.1 Å². The number of fused-ring (bicyclic) bond motifs is 1. The lowest BCUT2D eigenvalue weighted by Gasteiger charge is -2.06. The topological polar surface area (TPSA) is 89.0 Å². The van der Waals surface area contributed by atoms with Crippen LogP contribution in [0.2, 0.25) is 0 Å². The van der Waals surface area contributed by atoms with Gasteiger partial charge in [-0.3, -0.25) is 9.59 Å². The third kappa shape index (κ3) is 4.15. The van der Waals surface area contributed by atoms with Gasteiger partial charge in [-0.05, 0) is 31.2 Å². The van der Waals surface area contributed by atoms with Crippen molar-refractivity contribution in [2.45, 2.75) is 13.3 Å². The Morgan fingerprint density at radius 2 is 1.92 bits per heavy atom. The van der Waals surface area contributed by atoms with Crippen molar-refractivity contribution in [2.75, 3.05) is 12.1 Å². The lowest BCUT2D eigenvalue weighted by molar-refractivity contribution is -0.115. The lowest BCUT2D eigenvalue weighted by Crippen LogP contribution is -2.22. The van der Waals surface area contributed by atoms with Crippen LogP contribution in [0.25, 0.3) is 0 Å². The summed E-state index contributed by atoms with van der Waals surface area (Å²) in [4.78, 5) is 23.9. The number of rotatable bonds is 5. The fourth-order valence-electron chi connectivity index (χ4n) is 2.30. The van der Waals surface area contributed by atoms with E-state index in [1.54, 1.807) is 31.2 Å². The van der Waals surface area contributed by atoms with E-state index in [1.807, 2.05) is 0 Å². The molecule has 134 valence electrons. The van der Waals surface area contributed by atoms with Crippen LogP contribution in [0.1, 0.15) is 23.7 Å². The molecule has 0 atom stereocenters. The fourth-order valence-corrected chi connectivity index (χ4v) is 2.30. The highest BCUT2D eigenvalue weighted by Gasteiger charge is 2.14. The average Bonchev–Trinajstić information content (AvgIpc) is 3.07. The van der Waals surface area contributed by atoms with Crippen LogP contribution in [0, 0.1) is 5.82 Å². The van der Waals surface area contributed by atoms with E-state index >= 15 is 0 Å². The minimum absolute atomic E-state index is 0.0357. The second-order valence-corrected chi connectivity index (χ2v) is 5.56. The Labute approximate surface area is 148 Å². The molecule has 0 aliphatic carbocycles. The first-order valence-electron chi connectivity index (χ1n) is 7.80. The lowest BCUT2D eigenvalue weighted by atomic mass is 10.2. The van der Waals surface area contributed by atoms with Crippen molar-refractivity contribution in [2.24, 2.45) is 5.10 Å². The zero-order valence-corrected chi connectivity index (χ0v) is 13.9. The summed E-state index contributed by atoms with van der Waals surface area (Å²) in [5.74, 6) is -0.454. The van der Waals surface area contributed by atoms with Crippen LogP contribution in [-0.2, 0) is 4.79 Å². The summed E-state index contributed by atoms with van der Waals surface area (Å²) < 4.78 is 24.0. The maximum absolute atomic E-state index is 13.5. The molecule has 2 amide bonds. The summed E-state index contributed by atoms with van der Waals surface area (Å²) in [5, 5.41) is 6.53. The molecule has 3 rings (SSSR count). The van der Waals surface area contributed by atoms with Gasteiger partial charge in [-0.1, -0.05) is 12.1 Å². The van der Waals surface area contributed by atoms with E-state index in [-0.39, 0.29) is 24.7 Å². The molecule has 0 unspecified atom stereocenters. The zero-order chi connectivity index (χ0) is 18.5. The summed E-state index contributed by atoms with van der Waals surface area (Å²) in [5.41, 5.74) is 3.04. The summed E-state index contributed by atoms with van der Waals surface area (Å²) in [6.07, 6.45) is -0.0357. The highest BCUT2D eigenvalue weighted by molar-refractivity contribution is 6.06. The van der Waals surface area contributed by atoms with Gasteiger partial charge < -0.3 is 14.8 Å². The van der Waals surface area contributed by atoms with Crippen molar-refractivity contribution in [1.29, 1.82) is 0 Å². The Morgan fingerprint density at radius 1 is 1.15 bits per heavy atom. The van der Waals surface area contributed by atoms with Gasteiger partial charge in [0.2, 0.25) is 12.7 Å². The van der Waals surface area contributed by atoms with Crippen LogP contribution in [0.15, 0.2) is 47.6 Å². The molecule has 26 heavy (non-hydrogen) atoms. The molecule has 2 aromatic rings. The SMILES string of the molecule is C/C(CC(=O)Nc1ccc2c(c1)OCO2)=N\NC(=O)c1ccccc1F. The molecular formula is C18H16FN3O4. The second-order valence-electron chi connectivity index (χ2n) is 5.56. The first kappa shape index (κ1) is 17.4. The van der Waals surface area contributed by atoms with Gasteiger partial charge in [0.05, 0.1) is 12.0 Å². The third-order valence-corrected chi connectivity index (χ3v) is 3.54. The van der Waals surface area contributed by atoms with Crippen LogP contribution in [0.3, 0.4) is 0 Å². The zero-order valence-electron chi connectivity index (χ0n) is 13.9. The Kier molecular flexibility index (Phi) is 5.12. The molecule has 1 aliphatic rings. The maximum Gasteiger partial charge on any atom is 0.274 e. The van der Waals surface area contributed by atoms with Crippen LogP contribution in [0.5, 0.6) is 11.5 Å². The van der Waals surface area contributed by atoms with Crippen LogP contribution in [-0.4, -0.2) is 24.3 Å². The number of carbonyl (C=O) groups excluding carboxylic acids is 2. The molecule has 0 bridgehead atoms. The normalized spacial score (nSPS) is 12.6. The number of hydrogen-bond donors (Lipinski definition) is 2. The molecular weight excluding hydrogens is 341 g/mol. The van der Waals surface area contributed by atoms with Crippen LogP contribution < -0.4 is 20.2 Å². The Morgan fingerprint density at radius 3 is 2.73 bits per heavy atom. The quantitative estimate of drug-likeness (QED) is 0.636. The first-order valence-corrected chi connectivity index (χ1v) is 7.80. The summed E-state index contributed by atoms with van der Waals surface area (Å²) in [6.45, 7) is 1.74. The summed E-state index contributed by atoms with van der Waals surface area (Å²) in [7, 11) is 0. The average molecular weight is 357 g/mol. The number of hydrogen-bond acceptors (Lipinski definition) is 5. The van der Waals surface area contributed by atoms with Gasteiger partial charge in [-0.15, -0.1) is 0 Å². The number of hydrazone groups is 1. The van der Waals surface area contributed by atoms with Gasteiger partial charge in [0, 0.05) is 17.5 Å². The van der Waals surface area contributed by atoms with E-state index in [4.69, 9.17) is 9.47 Å². The number of amides is 2. The van der Waals surface area contributed by atoms with Gasteiger partial charge >= 0.3 is 0 Å². The van der Waals surface area contributed by atoms with Crippen molar-refractivity contribution in [3.63, 3.8) is 0 Å². The van der Waals surface area contributed by atoms with E-state index in [2.05, 4.69) is 15.8 Å². The number of nitrogens with zero attached hydrogens (tertiary/aromatic N) is 1. The monoisotopic (exact) mass is 357 g/mol.